The molecule has 172 valence electrons. The number of aryl methyl sites for hydroxylation is 1. The van der Waals surface area contributed by atoms with E-state index in [0.29, 0.717) is 31.6 Å². The van der Waals surface area contributed by atoms with Crippen molar-refractivity contribution in [2.75, 3.05) is 13.1 Å². The van der Waals surface area contributed by atoms with Gasteiger partial charge in [-0.3, -0.25) is 14.3 Å². The van der Waals surface area contributed by atoms with Gasteiger partial charge in [0.25, 0.3) is 5.91 Å². The van der Waals surface area contributed by atoms with Gasteiger partial charge in [0.1, 0.15) is 12.0 Å². The number of nitrogens with one attached hydrogen (secondary N) is 1. The van der Waals surface area contributed by atoms with Crippen molar-refractivity contribution in [3.63, 3.8) is 0 Å². The van der Waals surface area contributed by atoms with Gasteiger partial charge in [0.2, 0.25) is 5.91 Å². The average Bonchev–Trinajstić information content (AvgIpc) is 3.25. The molecule has 0 spiro atoms. The third-order valence-corrected chi connectivity index (χ3v) is 6.22. The SMILES string of the molecule is CC(C)NC(=O)C1(Cc2ccccc2-c2cncnc2)CCCN(C(=O)c2ccnn2C)C1. The van der Waals surface area contributed by atoms with Crippen molar-refractivity contribution in [3.05, 3.63) is 66.5 Å². The second-order valence-corrected chi connectivity index (χ2v) is 9.04. The highest BCUT2D eigenvalue weighted by Gasteiger charge is 2.44. The van der Waals surface area contributed by atoms with Crippen molar-refractivity contribution in [1.29, 1.82) is 0 Å². The largest absolute Gasteiger partial charge is 0.353 e. The van der Waals surface area contributed by atoms with Crippen molar-refractivity contribution in [1.82, 2.24) is 30.0 Å². The first kappa shape index (κ1) is 22.6. The van der Waals surface area contributed by atoms with E-state index in [1.807, 2.05) is 32.0 Å². The van der Waals surface area contributed by atoms with E-state index >= 15 is 0 Å². The molecule has 8 nitrogen and oxygen atoms in total. The van der Waals surface area contributed by atoms with Gasteiger partial charge in [0.15, 0.2) is 0 Å². The molecular weight excluding hydrogens is 416 g/mol. The fraction of sp³-hybridized carbons (Fsp3) is 0.400. The third kappa shape index (κ3) is 4.79. The molecule has 1 aliphatic heterocycles. The van der Waals surface area contributed by atoms with Crippen LogP contribution >= 0.6 is 0 Å². The Labute approximate surface area is 194 Å². The van der Waals surface area contributed by atoms with E-state index in [4.69, 9.17) is 0 Å². The second kappa shape index (κ2) is 9.52. The molecule has 0 radical (unpaired) electrons. The predicted octanol–water partition coefficient (Wildman–Crippen LogP) is 2.87. The van der Waals surface area contributed by atoms with Crippen LogP contribution < -0.4 is 5.32 Å². The fourth-order valence-electron chi connectivity index (χ4n) is 4.63. The van der Waals surface area contributed by atoms with Gasteiger partial charge in [0, 0.05) is 50.3 Å². The monoisotopic (exact) mass is 446 g/mol. The normalized spacial score (nSPS) is 18.4. The molecule has 3 heterocycles. The van der Waals surface area contributed by atoms with Crippen LogP contribution in [0.1, 0.15) is 42.7 Å². The van der Waals surface area contributed by atoms with E-state index < -0.39 is 5.41 Å². The van der Waals surface area contributed by atoms with Crippen LogP contribution in [-0.2, 0) is 18.3 Å². The number of likely N-dealkylation sites (tertiary alicyclic amines) is 1. The molecule has 1 N–H and O–H groups in total. The Morgan fingerprint density at radius 2 is 1.91 bits per heavy atom. The first-order valence-electron chi connectivity index (χ1n) is 11.3. The van der Waals surface area contributed by atoms with Crippen LogP contribution in [0.4, 0.5) is 0 Å². The first-order chi connectivity index (χ1) is 15.9. The Kier molecular flexibility index (Phi) is 6.53. The summed E-state index contributed by atoms with van der Waals surface area (Å²) in [7, 11) is 1.76. The highest BCUT2D eigenvalue weighted by molar-refractivity contribution is 5.93. The number of hydrogen-bond acceptors (Lipinski definition) is 5. The Morgan fingerprint density at radius 3 is 2.61 bits per heavy atom. The summed E-state index contributed by atoms with van der Waals surface area (Å²) in [5.74, 6) is -0.111. The molecule has 2 aromatic heterocycles. The van der Waals surface area contributed by atoms with Gasteiger partial charge in [-0.15, -0.1) is 0 Å². The maximum Gasteiger partial charge on any atom is 0.272 e. The minimum absolute atomic E-state index is 0.00953. The smallest absolute Gasteiger partial charge is 0.272 e. The zero-order valence-electron chi connectivity index (χ0n) is 19.4. The molecule has 2 amide bonds. The highest BCUT2D eigenvalue weighted by atomic mass is 16.2. The van der Waals surface area contributed by atoms with E-state index in [2.05, 4.69) is 26.4 Å². The van der Waals surface area contributed by atoms with Crippen molar-refractivity contribution in [2.45, 2.75) is 39.2 Å². The minimum Gasteiger partial charge on any atom is -0.353 e. The van der Waals surface area contributed by atoms with E-state index in [-0.39, 0.29) is 17.9 Å². The van der Waals surface area contributed by atoms with E-state index in [9.17, 15) is 9.59 Å². The molecular formula is C25H30N6O2. The van der Waals surface area contributed by atoms with Crippen molar-refractivity contribution < 1.29 is 9.59 Å². The Bertz CT molecular complexity index is 1130. The van der Waals surface area contributed by atoms with Gasteiger partial charge < -0.3 is 10.2 Å². The first-order valence-corrected chi connectivity index (χ1v) is 11.3. The van der Waals surface area contributed by atoms with E-state index in [1.165, 1.54) is 6.33 Å². The lowest BCUT2D eigenvalue weighted by molar-refractivity contribution is -0.134. The van der Waals surface area contributed by atoms with Gasteiger partial charge in [-0.25, -0.2) is 9.97 Å². The Morgan fingerprint density at radius 1 is 1.15 bits per heavy atom. The van der Waals surface area contributed by atoms with Gasteiger partial charge in [-0.1, -0.05) is 24.3 Å². The van der Waals surface area contributed by atoms with Gasteiger partial charge >= 0.3 is 0 Å². The minimum atomic E-state index is -0.734. The molecule has 0 aliphatic carbocycles. The lowest BCUT2D eigenvalue weighted by Gasteiger charge is -2.42. The molecule has 1 aliphatic rings. The number of amides is 2. The van der Waals surface area contributed by atoms with Crippen molar-refractivity contribution in [3.8, 4) is 11.1 Å². The van der Waals surface area contributed by atoms with E-state index in [1.54, 1.807) is 41.3 Å². The summed E-state index contributed by atoms with van der Waals surface area (Å²) >= 11 is 0. The summed E-state index contributed by atoms with van der Waals surface area (Å²) in [5.41, 5.74) is 2.75. The summed E-state index contributed by atoms with van der Waals surface area (Å²) in [4.78, 5) is 37.0. The molecule has 0 bridgehead atoms. The summed E-state index contributed by atoms with van der Waals surface area (Å²) in [5, 5.41) is 7.25. The number of nitrogens with zero attached hydrogens (tertiary/aromatic N) is 5. The van der Waals surface area contributed by atoms with Crippen LogP contribution in [-0.4, -0.2) is 55.6 Å². The zero-order chi connectivity index (χ0) is 23.4. The van der Waals surface area contributed by atoms with Crippen LogP contribution in [0.15, 0.2) is 55.2 Å². The average molecular weight is 447 g/mol. The number of benzene rings is 1. The lowest BCUT2D eigenvalue weighted by Crippen LogP contribution is -2.55. The number of carbonyl (C=O) groups excluding carboxylic acids is 2. The molecule has 8 heteroatoms. The maximum absolute atomic E-state index is 13.6. The van der Waals surface area contributed by atoms with Crippen LogP contribution in [0.3, 0.4) is 0 Å². The molecule has 1 atom stereocenters. The van der Waals surface area contributed by atoms with Gasteiger partial charge in [0.05, 0.1) is 5.41 Å². The molecule has 3 aromatic rings. The van der Waals surface area contributed by atoms with Gasteiger partial charge in [-0.2, -0.15) is 5.10 Å². The molecule has 4 rings (SSSR count). The van der Waals surface area contributed by atoms with Crippen LogP contribution in [0, 0.1) is 5.41 Å². The fourth-order valence-corrected chi connectivity index (χ4v) is 4.63. The molecule has 1 fully saturated rings. The number of carbonyl (C=O) groups is 2. The van der Waals surface area contributed by atoms with Crippen molar-refractivity contribution in [2.24, 2.45) is 12.5 Å². The predicted molar refractivity (Wildman–Crippen MR) is 125 cm³/mol. The number of hydrogen-bond donors (Lipinski definition) is 1. The molecule has 0 saturated carbocycles. The van der Waals surface area contributed by atoms with Crippen LogP contribution in [0.2, 0.25) is 0 Å². The number of aromatic nitrogens is 4. The maximum atomic E-state index is 13.6. The summed E-state index contributed by atoms with van der Waals surface area (Å²) in [6.45, 7) is 4.90. The van der Waals surface area contributed by atoms with Gasteiger partial charge in [-0.05, 0) is 50.3 Å². The second-order valence-electron chi connectivity index (χ2n) is 9.04. The zero-order valence-corrected chi connectivity index (χ0v) is 19.4. The quantitative estimate of drug-likeness (QED) is 0.629. The third-order valence-electron chi connectivity index (χ3n) is 6.22. The number of piperidine rings is 1. The molecule has 1 unspecified atom stereocenters. The standard InChI is InChI=1S/C25H30N6O2/c1-18(2)29-24(33)25(10-6-12-31(16-25)23(32)22-9-11-28-30(22)3)13-19-7-4-5-8-21(19)20-14-26-17-27-15-20/h4-5,7-9,11,14-15,17-18H,6,10,12-13,16H2,1-3H3,(H,29,33). The summed E-state index contributed by atoms with van der Waals surface area (Å²) in [6.07, 6.45) is 8.68. The Hall–Kier alpha value is -3.55. The van der Waals surface area contributed by atoms with Crippen LogP contribution in [0.5, 0.6) is 0 Å². The Balaban J connectivity index is 1.70. The molecule has 1 saturated heterocycles. The molecule has 33 heavy (non-hydrogen) atoms. The summed E-state index contributed by atoms with van der Waals surface area (Å²) < 4.78 is 1.58. The van der Waals surface area contributed by atoms with E-state index in [0.717, 1.165) is 23.1 Å². The lowest BCUT2D eigenvalue weighted by atomic mass is 9.73. The van der Waals surface area contributed by atoms with Crippen LogP contribution in [0.25, 0.3) is 11.1 Å². The topological polar surface area (TPSA) is 93.0 Å². The molecule has 1 aromatic carbocycles. The highest BCUT2D eigenvalue weighted by Crippen LogP contribution is 2.37. The summed E-state index contributed by atoms with van der Waals surface area (Å²) in [6, 6.07) is 9.77. The van der Waals surface area contributed by atoms with Crippen molar-refractivity contribution >= 4 is 11.8 Å². The number of rotatable bonds is 6.